The van der Waals surface area contributed by atoms with E-state index in [0.29, 0.717) is 36.6 Å². The Kier molecular flexibility index (Phi) is 7.99. The molecule has 1 heterocycles. The summed E-state index contributed by atoms with van der Waals surface area (Å²) in [6.45, 7) is 12.3. The number of aromatic nitrogens is 1. The lowest BCUT2D eigenvalue weighted by Crippen LogP contribution is -2.40. The van der Waals surface area contributed by atoms with Gasteiger partial charge in [0.1, 0.15) is 24.1 Å². The van der Waals surface area contributed by atoms with Crippen LogP contribution in [-0.2, 0) is 24.2 Å². The first-order valence-corrected chi connectivity index (χ1v) is 14.1. The molecule has 0 unspecified atom stereocenters. The highest BCUT2D eigenvalue weighted by Crippen LogP contribution is 2.39. The highest BCUT2D eigenvalue weighted by Gasteiger charge is 2.37. The zero-order valence-corrected chi connectivity index (χ0v) is 21.3. The molecular formula is C26H32ClNO3Si. The summed E-state index contributed by atoms with van der Waals surface area (Å²) in [5, 5.41) is 0.439. The van der Waals surface area contributed by atoms with Crippen LogP contribution < -0.4 is 9.47 Å². The van der Waals surface area contributed by atoms with Crippen LogP contribution in [0.25, 0.3) is 0 Å². The minimum absolute atomic E-state index is 0.0939. The van der Waals surface area contributed by atoms with E-state index in [4.69, 9.17) is 25.5 Å². The summed E-state index contributed by atoms with van der Waals surface area (Å²) in [5.74, 6) is 1.06. The third-order valence-corrected chi connectivity index (χ3v) is 10.7. The van der Waals surface area contributed by atoms with Crippen molar-refractivity contribution in [2.75, 3.05) is 0 Å². The molecule has 0 aliphatic rings. The molecule has 0 saturated carbocycles. The van der Waals surface area contributed by atoms with Gasteiger partial charge in [-0.25, -0.2) is 4.98 Å². The number of halogens is 1. The van der Waals surface area contributed by atoms with Crippen molar-refractivity contribution in [3.8, 4) is 11.6 Å². The van der Waals surface area contributed by atoms with Gasteiger partial charge in [0.25, 0.3) is 0 Å². The van der Waals surface area contributed by atoms with E-state index in [1.165, 1.54) is 0 Å². The van der Waals surface area contributed by atoms with Gasteiger partial charge in [-0.15, -0.1) is 0 Å². The topological polar surface area (TPSA) is 40.6 Å². The Hall–Kier alpha value is -2.34. The van der Waals surface area contributed by atoms with E-state index in [1.54, 1.807) is 0 Å². The van der Waals surface area contributed by atoms with Crippen LogP contribution in [0.2, 0.25) is 23.3 Å². The molecule has 32 heavy (non-hydrogen) atoms. The zero-order valence-electron chi connectivity index (χ0n) is 19.5. The van der Waals surface area contributed by atoms with Crippen molar-refractivity contribution in [1.29, 1.82) is 0 Å². The lowest BCUT2D eigenvalue weighted by atomic mass is 10.2. The van der Waals surface area contributed by atoms with E-state index < -0.39 is 8.32 Å². The highest BCUT2D eigenvalue weighted by atomic mass is 35.5. The van der Waals surface area contributed by atoms with Gasteiger partial charge in [-0.05, 0) is 29.3 Å². The molecule has 170 valence electrons. The van der Waals surface area contributed by atoms with Gasteiger partial charge in [-0.1, -0.05) is 93.0 Å². The minimum atomic E-state index is -1.97. The maximum atomic E-state index is 6.61. The molecule has 0 radical (unpaired) electrons. The van der Waals surface area contributed by atoms with Crippen LogP contribution in [-0.4, -0.2) is 13.3 Å². The summed E-state index contributed by atoms with van der Waals surface area (Å²) in [6.07, 6.45) is 0. The van der Waals surface area contributed by atoms with Crippen LogP contribution in [0, 0.1) is 0 Å². The average Bonchev–Trinajstić information content (AvgIpc) is 2.76. The molecule has 0 aliphatic heterocycles. The molecule has 0 bridgehead atoms. The van der Waals surface area contributed by atoms with Crippen molar-refractivity contribution >= 4 is 19.9 Å². The molecule has 0 aliphatic carbocycles. The number of ether oxygens (including phenoxy) is 2. The molecule has 0 spiro atoms. The van der Waals surface area contributed by atoms with Gasteiger partial charge in [-0.3, -0.25) is 0 Å². The van der Waals surface area contributed by atoms with Gasteiger partial charge in [0.05, 0.1) is 12.2 Å². The van der Waals surface area contributed by atoms with Gasteiger partial charge < -0.3 is 13.9 Å². The second-order valence-corrected chi connectivity index (χ2v) is 14.5. The number of nitrogens with zero attached hydrogens (tertiary/aromatic N) is 1. The van der Waals surface area contributed by atoms with Crippen LogP contribution >= 0.6 is 11.6 Å². The molecule has 3 rings (SSSR count). The Morgan fingerprint density at radius 2 is 1.34 bits per heavy atom. The molecule has 2 aromatic carbocycles. The molecule has 6 heteroatoms. The van der Waals surface area contributed by atoms with Gasteiger partial charge in [0.2, 0.25) is 5.88 Å². The second-order valence-electron chi connectivity index (χ2n) is 9.33. The first-order valence-electron chi connectivity index (χ1n) is 10.8. The highest BCUT2D eigenvalue weighted by molar-refractivity contribution is 6.74. The van der Waals surface area contributed by atoms with Crippen LogP contribution in [0.5, 0.6) is 11.6 Å². The van der Waals surface area contributed by atoms with Crippen molar-refractivity contribution in [2.24, 2.45) is 0 Å². The van der Waals surface area contributed by atoms with Crippen LogP contribution in [0.4, 0.5) is 0 Å². The predicted octanol–water partition coefficient (Wildman–Crippen LogP) is 7.41. The van der Waals surface area contributed by atoms with Gasteiger partial charge in [0, 0.05) is 6.07 Å². The smallest absolute Gasteiger partial charge is 0.218 e. The Morgan fingerprint density at radius 1 is 0.812 bits per heavy atom. The van der Waals surface area contributed by atoms with E-state index >= 15 is 0 Å². The lowest BCUT2D eigenvalue weighted by Gasteiger charge is -2.36. The number of hydrogen-bond donors (Lipinski definition) is 0. The third-order valence-electron chi connectivity index (χ3n) is 5.86. The monoisotopic (exact) mass is 469 g/mol. The Labute approximate surface area is 197 Å². The number of hydrogen-bond acceptors (Lipinski definition) is 4. The Balaban J connectivity index is 1.82. The summed E-state index contributed by atoms with van der Waals surface area (Å²) in [7, 11) is -1.97. The van der Waals surface area contributed by atoms with Crippen molar-refractivity contribution < 1.29 is 13.9 Å². The zero-order chi connectivity index (χ0) is 23.2. The summed E-state index contributed by atoms with van der Waals surface area (Å²) in [6, 6.07) is 21.8. The standard InChI is InChI=1S/C26H32ClNO3Si/c1-26(2,3)32(4,5)31-19-22-23(29-17-20-12-8-6-9-13-20)16-24(28-25(22)27)30-18-21-14-10-7-11-15-21/h6-16H,17-19H2,1-5H3. The van der Waals surface area contributed by atoms with Gasteiger partial charge in [0.15, 0.2) is 8.32 Å². The van der Waals surface area contributed by atoms with Crippen LogP contribution in [0.1, 0.15) is 37.5 Å². The maximum absolute atomic E-state index is 6.61. The van der Waals surface area contributed by atoms with Crippen molar-refractivity contribution in [1.82, 2.24) is 4.98 Å². The number of rotatable bonds is 9. The first-order chi connectivity index (χ1) is 15.2. The fraction of sp³-hybridized carbons (Fsp3) is 0.346. The fourth-order valence-corrected chi connectivity index (χ4v) is 3.94. The largest absolute Gasteiger partial charge is 0.488 e. The molecule has 0 saturated heterocycles. The molecule has 0 amide bonds. The number of benzene rings is 2. The van der Waals surface area contributed by atoms with Crippen molar-refractivity contribution in [3.63, 3.8) is 0 Å². The molecule has 3 aromatic rings. The number of pyridine rings is 1. The molecule has 0 fully saturated rings. The lowest BCUT2D eigenvalue weighted by molar-refractivity contribution is 0.251. The third kappa shape index (κ3) is 6.58. The quantitative estimate of drug-likeness (QED) is 0.241. The predicted molar refractivity (Wildman–Crippen MR) is 133 cm³/mol. The molecule has 1 aromatic heterocycles. The van der Waals surface area contributed by atoms with E-state index in [-0.39, 0.29) is 5.04 Å². The van der Waals surface area contributed by atoms with E-state index in [1.807, 2.05) is 66.7 Å². The average molecular weight is 470 g/mol. The Morgan fingerprint density at radius 3 is 1.88 bits per heavy atom. The second kappa shape index (κ2) is 10.5. The SMILES string of the molecule is CC(C)(C)[Si](C)(C)OCc1c(OCc2ccccc2)cc(OCc2ccccc2)nc1Cl. The first kappa shape index (κ1) is 24.3. The van der Waals surface area contributed by atoms with Gasteiger partial charge in [-0.2, -0.15) is 0 Å². The molecular weight excluding hydrogens is 438 g/mol. The van der Waals surface area contributed by atoms with Gasteiger partial charge >= 0.3 is 0 Å². The molecule has 4 nitrogen and oxygen atoms in total. The summed E-state index contributed by atoms with van der Waals surface area (Å²) in [5.41, 5.74) is 2.88. The normalized spacial score (nSPS) is 11.9. The minimum Gasteiger partial charge on any atom is -0.488 e. The summed E-state index contributed by atoms with van der Waals surface area (Å²) < 4.78 is 18.5. The Bertz CT molecular complexity index is 1000. The summed E-state index contributed by atoms with van der Waals surface area (Å²) >= 11 is 6.61. The summed E-state index contributed by atoms with van der Waals surface area (Å²) in [4.78, 5) is 4.47. The van der Waals surface area contributed by atoms with Crippen molar-refractivity contribution in [3.05, 3.63) is 88.6 Å². The van der Waals surface area contributed by atoms with Crippen LogP contribution in [0.3, 0.4) is 0 Å². The van der Waals surface area contributed by atoms with E-state index in [0.717, 1.165) is 16.7 Å². The van der Waals surface area contributed by atoms with E-state index in [9.17, 15) is 0 Å². The molecule has 0 N–H and O–H groups in total. The van der Waals surface area contributed by atoms with E-state index in [2.05, 4.69) is 38.8 Å². The van der Waals surface area contributed by atoms with Crippen molar-refractivity contribution in [2.45, 2.75) is 58.7 Å². The van der Waals surface area contributed by atoms with Crippen LogP contribution in [0.15, 0.2) is 66.7 Å². The molecule has 0 atom stereocenters. The maximum Gasteiger partial charge on any atom is 0.218 e. The fourth-order valence-electron chi connectivity index (χ4n) is 2.77.